The predicted octanol–water partition coefficient (Wildman–Crippen LogP) is 3.09. The summed E-state index contributed by atoms with van der Waals surface area (Å²) in [4.78, 5) is 0. The average Bonchev–Trinajstić information content (AvgIpc) is 2.38. The maximum atomic E-state index is 8.84. The van der Waals surface area contributed by atoms with Gasteiger partial charge in [-0.1, -0.05) is 19.9 Å². The summed E-state index contributed by atoms with van der Waals surface area (Å²) < 4.78 is 5.35. The van der Waals surface area contributed by atoms with Gasteiger partial charge in [-0.2, -0.15) is 5.26 Å². The third kappa shape index (κ3) is 3.48. The lowest BCUT2D eigenvalue weighted by Gasteiger charge is -2.29. The molecule has 3 nitrogen and oxygen atoms in total. The number of hydrogen-bond acceptors (Lipinski definition) is 3. The third-order valence-electron chi connectivity index (χ3n) is 3.73. The van der Waals surface area contributed by atoms with Crippen LogP contribution < -0.4 is 10.1 Å². The molecule has 3 heteroatoms. The molecular weight excluding hydrogens is 236 g/mol. The lowest BCUT2D eigenvalue weighted by Crippen LogP contribution is -2.37. The Kier molecular flexibility index (Phi) is 4.97. The summed E-state index contributed by atoms with van der Waals surface area (Å²) in [6, 6.07) is 6.22. The van der Waals surface area contributed by atoms with Crippen LogP contribution in [0.2, 0.25) is 0 Å². The minimum atomic E-state index is -0.126. The molecule has 0 saturated carbocycles. The number of benzene rings is 1. The number of nitrogens with one attached hydrogen (secondary N) is 1. The molecule has 1 rings (SSSR count). The number of hydrogen-bond donors (Lipinski definition) is 1. The minimum Gasteiger partial charge on any atom is -0.496 e. The average molecular weight is 260 g/mol. The van der Waals surface area contributed by atoms with E-state index in [9.17, 15) is 0 Å². The fraction of sp³-hybridized carbons (Fsp3) is 0.562. The van der Waals surface area contributed by atoms with Gasteiger partial charge in [0, 0.05) is 12.0 Å². The molecule has 0 aliphatic heterocycles. The van der Waals surface area contributed by atoms with E-state index < -0.39 is 0 Å². The van der Waals surface area contributed by atoms with Gasteiger partial charge in [0.1, 0.15) is 5.75 Å². The quantitative estimate of drug-likeness (QED) is 0.885. The van der Waals surface area contributed by atoms with Crippen LogP contribution in [0.25, 0.3) is 0 Å². The highest BCUT2D eigenvalue weighted by molar-refractivity contribution is 5.46. The first-order valence-electron chi connectivity index (χ1n) is 6.61. The van der Waals surface area contributed by atoms with Crippen molar-refractivity contribution < 1.29 is 4.74 Å². The Balaban J connectivity index is 3.02. The summed E-state index contributed by atoms with van der Waals surface area (Å²) in [6.07, 6.45) is 0. The van der Waals surface area contributed by atoms with E-state index in [1.165, 1.54) is 16.7 Å². The Hall–Kier alpha value is -1.53. The Bertz CT molecular complexity index is 486. The van der Waals surface area contributed by atoms with Gasteiger partial charge in [-0.15, -0.1) is 0 Å². The molecule has 0 aromatic heterocycles. The summed E-state index contributed by atoms with van der Waals surface area (Å²) in [5, 5.41) is 12.1. The van der Waals surface area contributed by atoms with Crippen LogP contribution in [0.4, 0.5) is 0 Å². The largest absolute Gasteiger partial charge is 0.496 e. The lowest BCUT2D eigenvalue weighted by molar-refractivity contribution is 0.409. The van der Waals surface area contributed by atoms with Crippen molar-refractivity contribution in [3.8, 4) is 11.8 Å². The van der Waals surface area contributed by atoms with E-state index >= 15 is 0 Å². The first-order valence-corrected chi connectivity index (χ1v) is 6.61. The number of rotatable bonds is 5. The number of methoxy groups -OCH3 is 1. The minimum absolute atomic E-state index is 0.0216. The zero-order valence-electron chi connectivity index (χ0n) is 12.8. The second kappa shape index (κ2) is 6.08. The number of nitrogens with zero attached hydrogens (tertiary/aromatic N) is 1. The SMILES string of the molecule is COc1ccc(C(C)(C)CNC(C)C#N)c(C)c1C. The van der Waals surface area contributed by atoms with Crippen LogP contribution in [0, 0.1) is 25.2 Å². The van der Waals surface area contributed by atoms with Crippen LogP contribution in [0.15, 0.2) is 12.1 Å². The van der Waals surface area contributed by atoms with E-state index in [0.717, 1.165) is 12.3 Å². The van der Waals surface area contributed by atoms with Crippen molar-refractivity contribution in [2.24, 2.45) is 0 Å². The molecule has 1 aromatic carbocycles. The molecule has 1 N–H and O–H groups in total. The van der Waals surface area contributed by atoms with Gasteiger partial charge in [0.2, 0.25) is 0 Å². The van der Waals surface area contributed by atoms with Crippen molar-refractivity contribution in [3.05, 3.63) is 28.8 Å². The molecule has 0 radical (unpaired) electrons. The Morgan fingerprint density at radius 1 is 1.32 bits per heavy atom. The van der Waals surface area contributed by atoms with Crippen molar-refractivity contribution in [1.29, 1.82) is 5.26 Å². The standard InChI is InChI=1S/C16H24N2O/c1-11(9-17)18-10-16(4,5)14-7-8-15(19-6)13(3)12(14)2/h7-8,11,18H,10H2,1-6H3. The maximum absolute atomic E-state index is 8.84. The van der Waals surface area contributed by atoms with Gasteiger partial charge in [-0.3, -0.25) is 0 Å². The van der Waals surface area contributed by atoms with E-state index in [0.29, 0.717) is 0 Å². The molecule has 0 aliphatic rings. The van der Waals surface area contributed by atoms with Crippen molar-refractivity contribution in [2.45, 2.75) is 46.1 Å². The Labute approximate surface area is 116 Å². The summed E-state index contributed by atoms with van der Waals surface area (Å²) in [5.74, 6) is 0.926. The second-order valence-corrected chi connectivity index (χ2v) is 5.68. The van der Waals surface area contributed by atoms with Gasteiger partial charge in [-0.25, -0.2) is 0 Å². The number of ether oxygens (including phenoxy) is 1. The zero-order chi connectivity index (χ0) is 14.6. The first-order chi connectivity index (χ1) is 8.83. The summed E-state index contributed by atoms with van der Waals surface area (Å²) >= 11 is 0. The molecule has 1 aromatic rings. The van der Waals surface area contributed by atoms with Crippen molar-refractivity contribution in [3.63, 3.8) is 0 Å². The highest BCUT2D eigenvalue weighted by atomic mass is 16.5. The van der Waals surface area contributed by atoms with Crippen LogP contribution in [-0.2, 0) is 5.41 Å². The molecule has 19 heavy (non-hydrogen) atoms. The number of nitriles is 1. The van der Waals surface area contributed by atoms with Crippen molar-refractivity contribution >= 4 is 0 Å². The molecule has 0 spiro atoms. The van der Waals surface area contributed by atoms with E-state index in [-0.39, 0.29) is 11.5 Å². The fourth-order valence-electron chi connectivity index (χ4n) is 2.30. The third-order valence-corrected chi connectivity index (χ3v) is 3.73. The smallest absolute Gasteiger partial charge is 0.122 e. The molecule has 0 saturated heterocycles. The zero-order valence-corrected chi connectivity index (χ0v) is 12.8. The van der Waals surface area contributed by atoms with Gasteiger partial charge < -0.3 is 10.1 Å². The van der Waals surface area contributed by atoms with Crippen LogP contribution in [0.1, 0.15) is 37.5 Å². The molecule has 1 atom stereocenters. The molecule has 1 unspecified atom stereocenters. The highest BCUT2D eigenvalue weighted by Gasteiger charge is 2.24. The van der Waals surface area contributed by atoms with E-state index in [1.54, 1.807) is 7.11 Å². The molecule has 0 amide bonds. The van der Waals surface area contributed by atoms with Gasteiger partial charge in [0.05, 0.1) is 19.2 Å². The van der Waals surface area contributed by atoms with Gasteiger partial charge >= 0.3 is 0 Å². The van der Waals surface area contributed by atoms with Crippen LogP contribution >= 0.6 is 0 Å². The lowest BCUT2D eigenvalue weighted by atomic mass is 9.80. The first kappa shape index (κ1) is 15.5. The van der Waals surface area contributed by atoms with Crippen molar-refractivity contribution in [1.82, 2.24) is 5.32 Å². The van der Waals surface area contributed by atoms with Crippen LogP contribution in [0.5, 0.6) is 5.75 Å². The Morgan fingerprint density at radius 2 is 1.95 bits per heavy atom. The maximum Gasteiger partial charge on any atom is 0.122 e. The van der Waals surface area contributed by atoms with Gasteiger partial charge in [0.25, 0.3) is 0 Å². The summed E-state index contributed by atoms with van der Waals surface area (Å²) in [7, 11) is 1.70. The summed E-state index contributed by atoms with van der Waals surface area (Å²) in [5.41, 5.74) is 3.72. The molecule has 0 bridgehead atoms. The van der Waals surface area contributed by atoms with Crippen LogP contribution in [0.3, 0.4) is 0 Å². The summed E-state index contributed by atoms with van der Waals surface area (Å²) in [6.45, 7) is 11.2. The molecular formula is C16H24N2O. The molecule has 0 fully saturated rings. The second-order valence-electron chi connectivity index (χ2n) is 5.68. The molecule has 0 heterocycles. The van der Waals surface area contributed by atoms with E-state index in [1.807, 2.05) is 13.0 Å². The molecule has 0 aliphatic carbocycles. The predicted molar refractivity (Wildman–Crippen MR) is 78.6 cm³/mol. The van der Waals surface area contributed by atoms with E-state index in [4.69, 9.17) is 10.00 Å². The van der Waals surface area contributed by atoms with Crippen LogP contribution in [-0.4, -0.2) is 19.7 Å². The topological polar surface area (TPSA) is 45.0 Å². The normalized spacial score (nSPS) is 12.9. The van der Waals surface area contributed by atoms with Gasteiger partial charge in [-0.05, 0) is 43.5 Å². The molecule has 104 valence electrons. The highest BCUT2D eigenvalue weighted by Crippen LogP contribution is 2.31. The monoisotopic (exact) mass is 260 g/mol. The fourth-order valence-corrected chi connectivity index (χ4v) is 2.30. The Morgan fingerprint density at radius 3 is 2.47 bits per heavy atom. The van der Waals surface area contributed by atoms with E-state index in [2.05, 4.69) is 45.1 Å². The van der Waals surface area contributed by atoms with Gasteiger partial charge in [0.15, 0.2) is 0 Å². The van der Waals surface area contributed by atoms with Crippen molar-refractivity contribution in [2.75, 3.05) is 13.7 Å².